The Balaban J connectivity index is 1.36. The lowest BCUT2D eigenvalue weighted by atomic mass is 10.2. The summed E-state index contributed by atoms with van der Waals surface area (Å²) in [6.45, 7) is 5.48. The number of rotatable bonds is 5. The van der Waals surface area contributed by atoms with E-state index in [0.717, 1.165) is 44.5 Å². The maximum atomic E-state index is 4.33. The molecule has 8 heteroatoms. The van der Waals surface area contributed by atoms with Crippen LogP contribution in [0.5, 0.6) is 0 Å². The average molecular weight is 337 g/mol. The molecule has 1 aromatic carbocycles. The van der Waals surface area contributed by atoms with Gasteiger partial charge in [-0.05, 0) is 22.1 Å². The SMILES string of the molecule is c1ccc(Cn2nnnc2C[NH+]2CCN(c3ncccn3)CC2)cc1. The standard InChI is InChI=1S/C17H20N8/c1-2-5-15(6-3-1)13-25-16(20-21-22-25)14-23-9-11-24(12-10-23)17-18-7-4-8-19-17/h1-8H,9-14H2/p+1. The summed E-state index contributed by atoms with van der Waals surface area (Å²) in [6.07, 6.45) is 3.58. The number of tetrazole rings is 1. The van der Waals surface area contributed by atoms with Gasteiger partial charge >= 0.3 is 0 Å². The highest BCUT2D eigenvalue weighted by Crippen LogP contribution is 2.05. The van der Waals surface area contributed by atoms with E-state index in [-0.39, 0.29) is 0 Å². The Morgan fingerprint density at radius 1 is 0.960 bits per heavy atom. The van der Waals surface area contributed by atoms with E-state index in [1.807, 2.05) is 28.9 Å². The zero-order chi connectivity index (χ0) is 16.9. The van der Waals surface area contributed by atoms with Gasteiger partial charge in [-0.3, -0.25) is 0 Å². The predicted octanol–water partition coefficient (Wildman–Crippen LogP) is -0.583. The van der Waals surface area contributed by atoms with Crippen LogP contribution in [0.3, 0.4) is 0 Å². The van der Waals surface area contributed by atoms with Gasteiger partial charge in [0.1, 0.15) is 6.54 Å². The van der Waals surface area contributed by atoms with Gasteiger partial charge in [-0.25, -0.2) is 14.6 Å². The summed E-state index contributed by atoms with van der Waals surface area (Å²) < 4.78 is 1.90. The summed E-state index contributed by atoms with van der Waals surface area (Å²) in [5, 5.41) is 12.2. The molecule has 8 nitrogen and oxygen atoms in total. The second kappa shape index (κ2) is 7.35. The van der Waals surface area contributed by atoms with Crippen molar-refractivity contribution in [2.45, 2.75) is 13.1 Å². The van der Waals surface area contributed by atoms with E-state index in [9.17, 15) is 0 Å². The minimum atomic E-state index is 0.709. The Kier molecular flexibility index (Phi) is 4.60. The van der Waals surface area contributed by atoms with Gasteiger partial charge in [-0.15, -0.1) is 5.10 Å². The molecular formula is C17H21N8+. The highest BCUT2D eigenvalue weighted by Gasteiger charge is 2.23. The van der Waals surface area contributed by atoms with Gasteiger partial charge in [0, 0.05) is 12.4 Å². The van der Waals surface area contributed by atoms with E-state index in [4.69, 9.17) is 0 Å². The summed E-state index contributed by atoms with van der Waals surface area (Å²) in [6, 6.07) is 12.1. The molecule has 4 rings (SSSR count). The first-order chi connectivity index (χ1) is 12.4. The fourth-order valence-corrected chi connectivity index (χ4v) is 3.11. The molecule has 0 saturated carbocycles. The Labute approximate surface area is 146 Å². The van der Waals surface area contributed by atoms with E-state index >= 15 is 0 Å². The van der Waals surface area contributed by atoms with E-state index < -0.39 is 0 Å². The largest absolute Gasteiger partial charge is 0.330 e. The van der Waals surface area contributed by atoms with Crippen LogP contribution in [0.4, 0.5) is 5.95 Å². The lowest BCUT2D eigenvalue weighted by Crippen LogP contribution is -3.13. The summed E-state index contributed by atoms with van der Waals surface area (Å²) in [7, 11) is 0. The molecule has 25 heavy (non-hydrogen) atoms. The number of nitrogens with one attached hydrogen (secondary N) is 1. The first-order valence-electron chi connectivity index (χ1n) is 8.53. The van der Waals surface area contributed by atoms with Gasteiger partial charge < -0.3 is 9.80 Å². The Bertz CT molecular complexity index is 781. The third-order valence-electron chi connectivity index (χ3n) is 4.49. The molecule has 2 aromatic heterocycles. The minimum absolute atomic E-state index is 0.709. The second-order valence-electron chi connectivity index (χ2n) is 6.20. The quantitative estimate of drug-likeness (QED) is 0.671. The normalized spacial score (nSPS) is 15.4. The lowest BCUT2D eigenvalue weighted by molar-refractivity contribution is -0.915. The molecule has 0 radical (unpaired) electrons. The first kappa shape index (κ1) is 15.6. The third-order valence-corrected chi connectivity index (χ3v) is 4.49. The molecule has 3 heterocycles. The first-order valence-corrected chi connectivity index (χ1v) is 8.53. The zero-order valence-corrected chi connectivity index (χ0v) is 14.0. The lowest BCUT2D eigenvalue weighted by Gasteiger charge is -2.31. The number of benzene rings is 1. The number of hydrogen-bond acceptors (Lipinski definition) is 6. The number of anilines is 1. The van der Waals surface area contributed by atoms with Crippen molar-refractivity contribution in [2.75, 3.05) is 31.1 Å². The molecule has 128 valence electrons. The van der Waals surface area contributed by atoms with Crippen molar-refractivity contribution in [1.82, 2.24) is 30.2 Å². The topological polar surface area (TPSA) is 77.1 Å². The zero-order valence-electron chi connectivity index (χ0n) is 14.0. The summed E-state index contributed by atoms with van der Waals surface area (Å²) in [4.78, 5) is 12.4. The monoisotopic (exact) mass is 337 g/mol. The van der Waals surface area contributed by atoms with Crippen LogP contribution in [-0.4, -0.2) is 56.4 Å². The van der Waals surface area contributed by atoms with Crippen LogP contribution in [0.15, 0.2) is 48.8 Å². The highest BCUT2D eigenvalue weighted by molar-refractivity contribution is 5.28. The van der Waals surface area contributed by atoms with Gasteiger partial charge in [0.2, 0.25) is 11.8 Å². The molecule has 0 unspecified atom stereocenters. The molecule has 3 aromatic rings. The molecule has 1 saturated heterocycles. The number of hydrogen-bond donors (Lipinski definition) is 1. The molecule has 1 N–H and O–H groups in total. The maximum absolute atomic E-state index is 4.33. The highest BCUT2D eigenvalue weighted by atomic mass is 15.5. The minimum Gasteiger partial charge on any atom is -0.330 e. The van der Waals surface area contributed by atoms with E-state index in [0.29, 0.717) is 6.54 Å². The van der Waals surface area contributed by atoms with Crippen LogP contribution in [0, 0.1) is 0 Å². The van der Waals surface area contributed by atoms with Gasteiger partial charge in [0.25, 0.3) is 0 Å². The van der Waals surface area contributed by atoms with Crippen molar-refractivity contribution < 1.29 is 4.90 Å². The Morgan fingerprint density at radius 2 is 1.72 bits per heavy atom. The smallest absolute Gasteiger partial charge is 0.225 e. The Hall–Kier alpha value is -2.87. The molecule has 0 atom stereocenters. The summed E-state index contributed by atoms with van der Waals surface area (Å²) >= 11 is 0. The summed E-state index contributed by atoms with van der Waals surface area (Å²) in [5.41, 5.74) is 1.21. The fraction of sp³-hybridized carbons (Fsp3) is 0.353. The van der Waals surface area contributed by atoms with Gasteiger partial charge in [-0.1, -0.05) is 30.3 Å². The van der Waals surface area contributed by atoms with Gasteiger partial charge in [0.05, 0.1) is 32.7 Å². The van der Waals surface area contributed by atoms with E-state index in [1.54, 1.807) is 12.4 Å². The van der Waals surface area contributed by atoms with Crippen molar-refractivity contribution in [3.8, 4) is 0 Å². The van der Waals surface area contributed by atoms with Crippen molar-refractivity contribution in [1.29, 1.82) is 0 Å². The number of quaternary nitrogens is 1. The van der Waals surface area contributed by atoms with Gasteiger partial charge in [0.15, 0.2) is 0 Å². The van der Waals surface area contributed by atoms with Crippen LogP contribution in [0.2, 0.25) is 0 Å². The molecule has 1 fully saturated rings. The van der Waals surface area contributed by atoms with E-state index in [2.05, 4.69) is 42.5 Å². The van der Waals surface area contributed by atoms with Crippen LogP contribution >= 0.6 is 0 Å². The van der Waals surface area contributed by atoms with Crippen molar-refractivity contribution in [3.05, 3.63) is 60.2 Å². The molecule has 0 spiro atoms. The summed E-state index contributed by atoms with van der Waals surface area (Å²) in [5.74, 6) is 1.75. The molecule has 0 amide bonds. The molecule has 1 aliphatic heterocycles. The van der Waals surface area contributed by atoms with Crippen LogP contribution in [0.1, 0.15) is 11.4 Å². The van der Waals surface area contributed by atoms with Crippen molar-refractivity contribution in [3.63, 3.8) is 0 Å². The molecule has 0 aliphatic carbocycles. The van der Waals surface area contributed by atoms with E-state index in [1.165, 1.54) is 10.5 Å². The number of aromatic nitrogens is 6. The fourth-order valence-electron chi connectivity index (χ4n) is 3.11. The number of nitrogens with zero attached hydrogens (tertiary/aromatic N) is 7. The maximum Gasteiger partial charge on any atom is 0.225 e. The van der Waals surface area contributed by atoms with Crippen molar-refractivity contribution in [2.24, 2.45) is 0 Å². The van der Waals surface area contributed by atoms with Crippen molar-refractivity contribution >= 4 is 5.95 Å². The molecule has 1 aliphatic rings. The Morgan fingerprint density at radius 3 is 2.48 bits per heavy atom. The molecule has 0 bridgehead atoms. The second-order valence-corrected chi connectivity index (χ2v) is 6.20. The predicted molar refractivity (Wildman–Crippen MR) is 92.0 cm³/mol. The number of piperazine rings is 1. The molecular weight excluding hydrogens is 316 g/mol. The third kappa shape index (κ3) is 3.80. The van der Waals surface area contributed by atoms with Crippen LogP contribution in [-0.2, 0) is 13.1 Å². The van der Waals surface area contributed by atoms with Gasteiger partial charge in [-0.2, -0.15) is 0 Å². The average Bonchev–Trinajstić information content (AvgIpc) is 3.10. The van der Waals surface area contributed by atoms with Crippen LogP contribution in [0.25, 0.3) is 0 Å². The van der Waals surface area contributed by atoms with Crippen LogP contribution < -0.4 is 9.80 Å².